The molecule has 1 aliphatic heterocycles. The Morgan fingerprint density at radius 1 is 1.30 bits per heavy atom. The number of hydrogen-bond acceptors (Lipinski definition) is 5. The van der Waals surface area contributed by atoms with E-state index in [1.54, 1.807) is 29.2 Å². The number of nitrogens with one attached hydrogen (secondary N) is 1. The van der Waals surface area contributed by atoms with Gasteiger partial charge in [-0.2, -0.15) is 0 Å². The van der Waals surface area contributed by atoms with Gasteiger partial charge in [-0.25, -0.2) is 4.39 Å². The molecule has 0 spiro atoms. The van der Waals surface area contributed by atoms with Crippen LogP contribution in [0.1, 0.15) is 12.8 Å². The largest absolute Gasteiger partial charge is 0.481 e. The molecule has 0 saturated carbocycles. The molecule has 1 saturated heterocycles. The summed E-state index contributed by atoms with van der Waals surface area (Å²) in [5.74, 6) is -1.67. The number of nitrogens with zero attached hydrogens (tertiary/aromatic N) is 2. The van der Waals surface area contributed by atoms with Crippen molar-refractivity contribution in [3.8, 4) is 5.75 Å². The first-order valence-electron chi connectivity index (χ1n) is 8.21. The minimum absolute atomic E-state index is 0.0375. The van der Waals surface area contributed by atoms with Gasteiger partial charge in [0.2, 0.25) is 5.91 Å². The van der Waals surface area contributed by atoms with E-state index < -0.39 is 28.9 Å². The van der Waals surface area contributed by atoms with Crippen molar-refractivity contribution >= 4 is 28.9 Å². The standard InChI is InChI=1S/C18H16FN3O5/c19-15-10-14(22(25)26)6-7-16(15)27-11-17(23)20-12-3-1-4-13(9-12)21-8-2-5-18(21)24/h1,3-4,6-7,9-10H,2,5,8,11H2,(H,20,23). The third-order valence-electron chi connectivity index (χ3n) is 4.00. The molecule has 0 aromatic heterocycles. The third-order valence-corrected chi connectivity index (χ3v) is 4.00. The number of nitro groups is 1. The lowest BCUT2D eigenvalue weighted by Gasteiger charge is -2.16. The van der Waals surface area contributed by atoms with Gasteiger partial charge in [-0.15, -0.1) is 0 Å². The quantitative estimate of drug-likeness (QED) is 0.620. The lowest BCUT2D eigenvalue weighted by Crippen LogP contribution is -2.24. The fourth-order valence-corrected chi connectivity index (χ4v) is 2.73. The van der Waals surface area contributed by atoms with Gasteiger partial charge in [0.25, 0.3) is 11.6 Å². The number of hydrogen-bond donors (Lipinski definition) is 1. The average molecular weight is 373 g/mol. The maximum atomic E-state index is 13.8. The Balaban J connectivity index is 1.60. The molecule has 9 heteroatoms. The van der Waals surface area contributed by atoms with Gasteiger partial charge in [0.15, 0.2) is 18.2 Å². The maximum Gasteiger partial charge on any atom is 0.272 e. The van der Waals surface area contributed by atoms with Crippen molar-refractivity contribution in [1.82, 2.24) is 0 Å². The second-order valence-electron chi connectivity index (χ2n) is 5.91. The van der Waals surface area contributed by atoms with Gasteiger partial charge in [0.05, 0.1) is 11.0 Å². The number of carbonyl (C=O) groups excluding carboxylic acids is 2. The van der Waals surface area contributed by atoms with Gasteiger partial charge in [0, 0.05) is 30.4 Å². The van der Waals surface area contributed by atoms with E-state index in [1.807, 2.05) is 0 Å². The van der Waals surface area contributed by atoms with Crippen molar-refractivity contribution in [3.63, 3.8) is 0 Å². The Kier molecular flexibility index (Phi) is 5.30. The number of halogens is 1. The highest BCUT2D eigenvalue weighted by Gasteiger charge is 2.21. The molecule has 0 radical (unpaired) electrons. The van der Waals surface area contributed by atoms with E-state index >= 15 is 0 Å². The summed E-state index contributed by atoms with van der Waals surface area (Å²) < 4.78 is 18.8. The molecule has 0 unspecified atom stereocenters. The number of nitro benzene ring substituents is 1. The summed E-state index contributed by atoms with van der Waals surface area (Å²) in [7, 11) is 0. The molecule has 0 aliphatic carbocycles. The average Bonchev–Trinajstić information content (AvgIpc) is 3.06. The number of amides is 2. The first-order valence-corrected chi connectivity index (χ1v) is 8.21. The highest BCUT2D eigenvalue weighted by atomic mass is 19.1. The Morgan fingerprint density at radius 3 is 2.78 bits per heavy atom. The molecule has 1 N–H and O–H groups in total. The molecule has 2 amide bonds. The van der Waals surface area contributed by atoms with E-state index in [4.69, 9.17) is 4.74 Å². The number of carbonyl (C=O) groups is 2. The minimum Gasteiger partial charge on any atom is -0.481 e. The number of anilines is 2. The Morgan fingerprint density at radius 2 is 2.11 bits per heavy atom. The fourth-order valence-electron chi connectivity index (χ4n) is 2.73. The summed E-state index contributed by atoms with van der Waals surface area (Å²) >= 11 is 0. The molecule has 27 heavy (non-hydrogen) atoms. The zero-order chi connectivity index (χ0) is 19.4. The summed E-state index contributed by atoms with van der Waals surface area (Å²) in [4.78, 5) is 35.3. The van der Waals surface area contributed by atoms with Gasteiger partial charge < -0.3 is 15.0 Å². The van der Waals surface area contributed by atoms with E-state index in [2.05, 4.69) is 5.32 Å². The second-order valence-corrected chi connectivity index (χ2v) is 5.91. The lowest BCUT2D eigenvalue weighted by atomic mass is 10.2. The van der Waals surface area contributed by atoms with Crippen LogP contribution in [0.2, 0.25) is 0 Å². The zero-order valence-corrected chi connectivity index (χ0v) is 14.2. The van der Waals surface area contributed by atoms with E-state index in [1.165, 1.54) is 0 Å². The number of benzene rings is 2. The van der Waals surface area contributed by atoms with Gasteiger partial charge in [-0.3, -0.25) is 19.7 Å². The predicted molar refractivity (Wildman–Crippen MR) is 95.2 cm³/mol. The van der Waals surface area contributed by atoms with Crippen molar-refractivity contribution in [2.75, 3.05) is 23.4 Å². The summed E-state index contributed by atoms with van der Waals surface area (Å²) in [5, 5.41) is 13.2. The first-order chi connectivity index (χ1) is 12.9. The third kappa shape index (κ3) is 4.38. The van der Waals surface area contributed by atoms with Gasteiger partial charge in [-0.1, -0.05) is 6.07 Å². The number of rotatable bonds is 6. The summed E-state index contributed by atoms with van der Waals surface area (Å²) in [5.41, 5.74) is 0.764. The molecule has 2 aromatic rings. The molecular formula is C18H16FN3O5. The van der Waals surface area contributed by atoms with Crippen LogP contribution in [0.15, 0.2) is 42.5 Å². The molecule has 1 heterocycles. The topological polar surface area (TPSA) is 102 Å². The van der Waals surface area contributed by atoms with E-state index in [9.17, 15) is 24.1 Å². The highest BCUT2D eigenvalue weighted by molar-refractivity contribution is 5.97. The van der Waals surface area contributed by atoms with Gasteiger partial charge in [-0.05, 0) is 30.7 Å². The molecule has 3 rings (SSSR count). The van der Waals surface area contributed by atoms with E-state index in [-0.39, 0.29) is 11.7 Å². The Labute approximate surface area is 153 Å². The van der Waals surface area contributed by atoms with Crippen LogP contribution < -0.4 is 15.0 Å². The second kappa shape index (κ2) is 7.81. The van der Waals surface area contributed by atoms with Gasteiger partial charge in [0.1, 0.15) is 0 Å². The van der Waals surface area contributed by atoms with E-state index in [0.717, 1.165) is 24.6 Å². The number of non-ortho nitro benzene ring substituents is 1. The van der Waals surface area contributed by atoms with Crippen LogP contribution in [0.5, 0.6) is 5.75 Å². The van der Waals surface area contributed by atoms with Crippen LogP contribution in [0, 0.1) is 15.9 Å². The zero-order valence-electron chi connectivity index (χ0n) is 14.2. The molecule has 0 bridgehead atoms. The molecule has 1 aliphatic rings. The van der Waals surface area contributed by atoms with Gasteiger partial charge >= 0.3 is 0 Å². The SMILES string of the molecule is O=C(COc1ccc([N+](=O)[O-])cc1F)Nc1cccc(N2CCCC2=O)c1. The predicted octanol–water partition coefficient (Wildman–Crippen LogP) is 2.88. The van der Waals surface area contributed by atoms with Crippen LogP contribution >= 0.6 is 0 Å². The molecule has 1 fully saturated rings. The van der Waals surface area contributed by atoms with Crippen molar-refractivity contribution in [1.29, 1.82) is 0 Å². The highest BCUT2D eigenvalue weighted by Crippen LogP contribution is 2.25. The Bertz CT molecular complexity index is 902. The normalized spacial score (nSPS) is 13.5. The van der Waals surface area contributed by atoms with Crippen LogP contribution in [-0.2, 0) is 9.59 Å². The van der Waals surface area contributed by atoms with Crippen molar-refractivity contribution < 1.29 is 23.6 Å². The monoisotopic (exact) mass is 373 g/mol. The molecule has 8 nitrogen and oxygen atoms in total. The van der Waals surface area contributed by atoms with Crippen molar-refractivity contribution in [2.45, 2.75) is 12.8 Å². The molecule has 0 atom stereocenters. The maximum absolute atomic E-state index is 13.8. The summed E-state index contributed by atoms with van der Waals surface area (Å²) in [6.45, 7) is 0.167. The smallest absolute Gasteiger partial charge is 0.272 e. The van der Waals surface area contributed by atoms with Crippen LogP contribution in [0.4, 0.5) is 21.5 Å². The molecule has 140 valence electrons. The van der Waals surface area contributed by atoms with Crippen molar-refractivity contribution in [3.05, 3.63) is 58.4 Å². The molecular weight excluding hydrogens is 357 g/mol. The fraction of sp³-hybridized carbons (Fsp3) is 0.222. The molecule has 2 aromatic carbocycles. The van der Waals surface area contributed by atoms with Crippen LogP contribution in [-0.4, -0.2) is 29.9 Å². The minimum atomic E-state index is -0.924. The van der Waals surface area contributed by atoms with Crippen LogP contribution in [0.3, 0.4) is 0 Å². The van der Waals surface area contributed by atoms with Crippen LogP contribution in [0.25, 0.3) is 0 Å². The summed E-state index contributed by atoms with van der Waals surface area (Å²) in [6, 6.07) is 9.74. The lowest BCUT2D eigenvalue weighted by molar-refractivity contribution is -0.385. The number of ether oxygens (including phenoxy) is 1. The summed E-state index contributed by atoms with van der Waals surface area (Å²) in [6.07, 6.45) is 1.30. The first kappa shape index (κ1) is 18.3. The Hall–Kier alpha value is -3.49. The van der Waals surface area contributed by atoms with Crippen molar-refractivity contribution in [2.24, 2.45) is 0 Å². The van der Waals surface area contributed by atoms with E-state index in [0.29, 0.717) is 24.3 Å².